The Hall–Kier alpha value is -1.88. The summed E-state index contributed by atoms with van der Waals surface area (Å²) in [4.78, 5) is 16.3. The highest BCUT2D eigenvalue weighted by atomic mass is 32.1. The minimum Gasteiger partial charge on any atom is -0.495 e. The largest absolute Gasteiger partial charge is 0.495 e. The normalized spacial score (nSPS) is 10.0. The second kappa shape index (κ2) is 4.97. The molecule has 0 bridgehead atoms. The van der Waals surface area contributed by atoms with E-state index in [0.717, 1.165) is 5.56 Å². The second-order valence-electron chi connectivity index (χ2n) is 3.52. The monoisotopic (exact) mass is 248 g/mol. The number of carbonyl (C=O) groups is 1. The van der Waals surface area contributed by atoms with Gasteiger partial charge >= 0.3 is 0 Å². The van der Waals surface area contributed by atoms with Gasteiger partial charge in [0.2, 0.25) is 0 Å². The zero-order valence-corrected chi connectivity index (χ0v) is 10.4. The Morgan fingerprint density at radius 2 is 2.29 bits per heavy atom. The first-order chi connectivity index (χ1) is 8.20. The minimum atomic E-state index is -0.170. The molecule has 1 aromatic carbocycles. The van der Waals surface area contributed by atoms with Gasteiger partial charge in [0.25, 0.3) is 5.91 Å². The van der Waals surface area contributed by atoms with Crippen LogP contribution >= 0.6 is 11.3 Å². The van der Waals surface area contributed by atoms with Crippen LogP contribution in [0, 0.1) is 6.92 Å². The van der Waals surface area contributed by atoms with Crippen molar-refractivity contribution in [3.63, 3.8) is 0 Å². The number of ether oxygens (including phenoxy) is 1. The van der Waals surface area contributed by atoms with Gasteiger partial charge in [-0.2, -0.15) is 0 Å². The summed E-state index contributed by atoms with van der Waals surface area (Å²) in [7, 11) is 1.58. The third kappa shape index (κ3) is 2.62. The maximum Gasteiger partial charge on any atom is 0.267 e. The van der Waals surface area contributed by atoms with Crippen LogP contribution in [0.5, 0.6) is 5.75 Å². The first-order valence-corrected chi connectivity index (χ1v) is 5.93. The van der Waals surface area contributed by atoms with Crippen molar-refractivity contribution < 1.29 is 9.53 Å². The van der Waals surface area contributed by atoms with Gasteiger partial charge in [-0.3, -0.25) is 9.78 Å². The van der Waals surface area contributed by atoms with Crippen LogP contribution in [-0.4, -0.2) is 18.0 Å². The molecule has 0 saturated carbocycles. The molecule has 4 nitrogen and oxygen atoms in total. The van der Waals surface area contributed by atoms with Crippen LogP contribution in [0.1, 0.15) is 15.2 Å². The average molecular weight is 248 g/mol. The van der Waals surface area contributed by atoms with Crippen LogP contribution in [-0.2, 0) is 0 Å². The Morgan fingerprint density at radius 1 is 1.47 bits per heavy atom. The van der Waals surface area contributed by atoms with E-state index < -0.39 is 0 Å². The Balaban J connectivity index is 2.23. The molecular weight excluding hydrogens is 236 g/mol. The maximum absolute atomic E-state index is 11.9. The second-order valence-corrected chi connectivity index (χ2v) is 4.41. The molecule has 88 valence electrons. The highest BCUT2D eigenvalue weighted by Crippen LogP contribution is 2.25. The van der Waals surface area contributed by atoms with Gasteiger partial charge in [-0.15, -0.1) is 11.3 Å². The maximum atomic E-state index is 11.9. The predicted molar refractivity (Wildman–Crippen MR) is 67.8 cm³/mol. The molecule has 0 aliphatic heterocycles. The number of thiazole rings is 1. The topological polar surface area (TPSA) is 51.2 Å². The number of hydrogen-bond donors (Lipinski definition) is 1. The highest BCUT2D eigenvalue weighted by molar-refractivity contribution is 7.11. The van der Waals surface area contributed by atoms with Gasteiger partial charge in [0.05, 0.1) is 24.5 Å². The molecule has 0 aliphatic rings. The third-order valence-electron chi connectivity index (χ3n) is 2.26. The quantitative estimate of drug-likeness (QED) is 0.908. The van der Waals surface area contributed by atoms with E-state index in [1.807, 2.05) is 25.1 Å². The summed E-state index contributed by atoms with van der Waals surface area (Å²) in [5.41, 5.74) is 3.36. The van der Waals surface area contributed by atoms with Crippen LogP contribution in [0.25, 0.3) is 0 Å². The number of benzene rings is 1. The minimum absolute atomic E-state index is 0.170. The van der Waals surface area contributed by atoms with Crippen LogP contribution in [0.15, 0.2) is 29.9 Å². The van der Waals surface area contributed by atoms with Crippen molar-refractivity contribution in [2.45, 2.75) is 6.92 Å². The molecule has 2 aromatic rings. The predicted octanol–water partition coefficient (Wildman–Crippen LogP) is 2.71. The number of aromatic nitrogens is 1. The summed E-state index contributed by atoms with van der Waals surface area (Å²) in [6.45, 7) is 1.96. The zero-order valence-electron chi connectivity index (χ0n) is 9.56. The molecule has 2 rings (SSSR count). The molecule has 0 aliphatic carbocycles. The summed E-state index contributed by atoms with van der Waals surface area (Å²) < 4.78 is 5.19. The van der Waals surface area contributed by atoms with Gasteiger partial charge in [-0.1, -0.05) is 6.07 Å². The first-order valence-electron chi connectivity index (χ1n) is 5.05. The highest BCUT2D eigenvalue weighted by Gasteiger charge is 2.10. The van der Waals surface area contributed by atoms with Crippen molar-refractivity contribution in [3.05, 3.63) is 40.3 Å². The molecule has 1 N–H and O–H groups in total. The fourth-order valence-corrected chi connectivity index (χ4v) is 1.95. The average Bonchev–Trinajstić information content (AvgIpc) is 2.83. The van der Waals surface area contributed by atoms with Gasteiger partial charge in [0, 0.05) is 0 Å². The number of methoxy groups -OCH3 is 1. The summed E-state index contributed by atoms with van der Waals surface area (Å²) >= 11 is 1.30. The van der Waals surface area contributed by atoms with Crippen LogP contribution < -0.4 is 10.1 Å². The summed E-state index contributed by atoms with van der Waals surface area (Å²) in [5.74, 6) is 0.477. The first kappa shape index (κ1) is 11.6. The number of hydrogen-bond acceptors (Lipinski definition) is 4. The van der Waals surface area contributed by atoms with Gasteiger partial charge in [-0.25, -0.2) is 0 Å². The molecule has 0 radical (unpaired) electrons. The van der Waals surface area contributed by atoms with Crippen molar-refractivity contribution in [2.75, 3.05) is 12.4 Å². The van der Waals surface area contributed by atoms with Crippen molar-refractivity contribution in [1.82, 2.24) is 4.98 Å². The van der Waals surface area contributed by atoms with Crippen molar-refractivity contribution >= 4 is 22.9 Å². The van der Waals surface area contributed by atoms with Crippen LogP contribution in [0.3, 0.4) is 0 Å². The van der Waals surface area contributed by atoms with E-state index in [4.69, 9.17) is 4.74 Å². The van der Waals surface area contributed by atoms with Crippen LogP contribution in [0.2, 0.25) is 0 Å². The van der Waals surface area contributed by atoms with E-state index in [0.29, 0.717) is 16.3 Å². The van der Waals surface area contributed by atoms with E-state index in [9.17, 15) is 4.79 Å². The van der Waals surface area contributed by atoms with Crippen molar-refractivity contribution in [3.8, 4) is 5.75 Å². The van der Waals surface area contributed by atoms with E-state index >= 15 is 0 Å². The van der Waals surface area contributed by atoms with Gasteiger partial charge < -0.3 is 10.1 Å². The fraction of sp³-hybridized carbons (Fsp3) is 0.167. The summed E-state index contributed by atoms with van der Waals surface area (Å²) in [5, 5.41) is 2.81. The van der Waals surface area contributed by atoms with Gasteiger partial charge in [0.15, 0.2) is 0 Å². The van der Waals surface area contributed by atoms with Gasteiger partial charge in [-0.05, 0) is 24.6 Å². The number of nitrogens with zero attached hydrogens (tertiary/aromatic N) is 1. The Morgan fingerprint density at radius 3 is 2.94 bits per heavy atom. The lowest BCUT2D eigenvalue weighted by Crippen LogP contribution is -2.11. The molecule has 0 unspecified atom stereocenters. The zero-order chi connectivity index (χ0) is 12.3. The molecule has 17 heavy (non-hydrogen) atoms. The number of carbonyl (C=O) groups excluding carboxylic acids is 1. The van der Waals surface area contributed by atoms with E-state index in [-0.39, 0.29) is 5.91 Å². The van der Waals surface area contributed by atoms with E-state index in [1.165, 1.54) is 11.3 Å². The molecular formula is C12H12N2O2S. The number of aryl methyl sites for hydroxylation is 1. The lowest BCUT2D eigenvalue weighted by atomic mass is 10.2. The number of anilines is 1. The molecule has 1 amide bonds. The number of amides is 1. The smallest absolute Gasteiger partial charge is 0.267 e. The molecule has 0 saturated heterocycles. The van der Waals surface area contributed by atoms with Crippen molar-refractivity contribution in [1.29, 1.82) is 0 Å². The molecule has 0 atom stereocenters. The number of nitrogens with one attached hydrogen (secondary N) is 1. The SMILES string of the molecule is COc1ccc(C)cc1NC(=O)c1cncs1. The van der Waals surface area contributed by atoms with E-state index in [2.05, 4.69) is 10.3 Å². The lowest BCUT2D eigenvalue weighted by Gasteiger charge is -2.10. The molecule has 1 heterocycles. The molecule has 0 spiro atoms. The lowest BCUT2D eigenvalue weighted by molar-refractivity contribution is 0.103. The standard InChI is InChI=1S/C12H12N2O2S/c1-8-3-4-10(16-2)9(5-8)14-12(15)11-6-13-7-17-11/h3-7H,1-2H3,(H,14,15). The fourth-order valence-electron chi connectivity index (χ4n) is 1.43. The molecule has 0 fully saturated rings. The van der Waals surface area contributed by atoms with E-state index in [1.54, 1.807) is 18.8 Å². The van der Waals surface area contributed by atoms with Crippen molar-refractivity contribution in [2.24, 2.45) is 0 Å². The van der Waals surface area contributed by atoms with Gasteiger partial charge in [0.1, 0.15) is 10.6 Å². The molecule has 5 heteroatoms. The van der Waals surface area contributed by atoms with Crippen LogP contribution in [0.4, 0.5) is 5.69 Å². The Kier molecular flexibility index (Phi) is 3.39. The molecule has 1 aromatic heterocycles. The Bertz CT molecular complexity index is 523. The summed E-state index contributed by atoms with van der Waals surface area (Å²) in [6, 6.07) is 5.64. The Labute approximate surface area is 103 Å². The summed E-state index contributed by atoms with van der Waals surface area (Å²) in [6.07, 6.45) is 1.54. The third-order valence-corrected chi connectivity index (χ3v) is 3.03. The number of rotatable bonds is 3.